The molecule has 10 heteroatoms. The van der Waals surface area contributed by atoms with E-state index in [-0.39, 0.29) is 30.2 Å². The van der Waals surface area contributed by atoms with E-state index in [0.717, 1.165) is 22.0 Å². The van der Waals surface area contributed by atoms with Crippen LogP contribution in [0.25, 0.3) is 0 Å². The summed E-state index contributed by atoms with van der Waals surface area (Å²) in [5.41, 5.74) is -1.36. The summed E-state index contributed by atoms with van der Waals surface area (Å²) in [6.45, 7) is 0.150. The van der Waals surface area contributed by atoms with E-state index in [1.165, 1.54) is 26.4 Å². The number of benzene rings is 2. The van der Waals surface area contributed by atoms with E-state index in [0.29, 0.717) is 23.7 Å². The molecule has 2 heterocycles. The Kier molecular flexibility index (Phi) is 5.44. The van der Waals surface area contributed by atoms with Crippen molar-refractivity contribution < 1.29 is 38.4 Å². The average Bonchev–Trinajstić information content (AvgIpc) is 3.31. The van der Waals surface area contributed by atoms with Crippen molar-refractivity contribution in [3.05, 3.63) is 45.4 Å². The minimum Gasteiger partial charge on any atom is -0.493 e. The molecule has 1 amide bonds. The van der Waals surface area contributed by atoms with Crippen LogP contribution >= 0.6 is 15.9 Å². The predicted molar refractivity (Wildman–Crippen MR) is 110 cm³/mol. The van der Waals surface area contributed by atoms with Crippen LogP contribution in [0.4, 0.5) is 0 Å². The Morgan fingerprint density at radius 1 is 1.19 bits per heavy atom. The molecule has 0 bridgehead atoms. The highest BCUT2D eigenvalue weighted by atomic mass is 79.9. The lowest BCUT2D eigenvalue weighted by molar-refractivity contribution is -0.181. The van der Waals surface area contributed by atoms with Gasteiger partial charge in [-0.05, 0) is 36.2 Å². The van der Waals surface area contributed by atoms with Gasteiger partial charge in [-0.15, -0.1) is 0 Å². The van der Waals surface area contributed by atoms with Crippen molar-refractivity contribution in [3.8, 4) is 23.0 Å². The molecule has 1 atom stereocenters. The number of carbonyl (C=O) groups excluding carboxylic acids is 2. The largest absolute Gasteiger partial charge is 0.493 e. The van der Waals surface area contributed by atoms with Gasteiger partial charge in [0.25, 0.3) is 11.6 Å². The molecule has 0 saturated heterocycles. The topological polar surface area (TPSA) is 104 Å². The second kappa shape index (κ2) is 7.93. The number of methoxy groups -OCH3 is 3. The highest BCUT2D eigenvalue weighted by Crippen LogP contribution is 2.46. The molecule has 31 heavy (non-hydrogen) atoms. The van der Waals surface area contributed by atoms with Crippen molar-refractivity contribution in [2.75, 3.05) is 34.7 Å². The molecule has 164 valence electrons. The van der Waals surface area contributed by atoms with Crippen LogP contribution in [0.3, 0.4) is 0 Å². The van der Waals surface area contributed by atoms with Crippen molar-refractivity contribution in [1.82, 2.24) is 4.90 Å². The Morgan fingerprint density at radius 3 is 2.55 bits per heavy atom. The number of nitrogens with zero attached hydrogens (tertiary/aromatic N) is 1. The lowest BCUT2D eigenvalue weighted by Gasteiger charge is -2.31. The van der Waals surface area contributed by atoms with Crippen LogP contribution in [0.15, 0.2) is 28.7 Å². The van der Waals surface area contributed by atoms with Crippen molar-refractivity contribution in [2.45, 2.75) is 12.1 Å². The number of ether oxygens (including phenoxy) is 5. The van der Waals surface area contributed by atoms with Gasteiger partial charge >= 0.3 is 5.97 Å². The van der Waals surface area contributed by atoms with E-state index in [4.69, 9.17) is 23.7 Å². The molecule has 2 aliphatic heterocycles. The number of halogens is 1. The fourth-order valence-corrected chi connectivity index (χ4v) is 4.39. The van der Waals surface area contributed by atoms with E-state index < -0.39 is 17.6 Å². The number of rotatable bonds is 6. The molecule has 0 fully saturated rings. The first kappa shape index (κ1) is 21.3. The normalized spacial score (nSPS) is 18.7. The van der Waals surface area contributed by atoms with E-state index >= 15 is 0 Å². The number of fused-ring (bicyclic) bond motifs is 2. The third kappa shape index (κ3) is 3.17. The summed E-state index contributed by atoms with van der Waals surface area (Å²) in [6, 6.07) is 6.55. The second-order valence-corrected chi connectivity index (χ2v) is 7.75. The molecule has 4 rings (SSSR count). The number of hydrogen-bond acceptors (Lipinski definition) is 8. The van der Waals surface area contributed by atoms with Gasteiger partial charge in [0.2, 0.25) is 6.79 Å². The van der Waals surface area contributed by atoms with Crippen LogP contribution < -0.4 is 18.9 Å². The summed E-state index contributed by atoms with van der Waals surface area (Å²) < 4.78 is 27.0. The number of carbonyl (C=O) groups is 2. The Balaban J connectivity index is 1.73. The maximum absolute atomic E-state index is 13.3. The number of aliphatic hydroxyl groups is 1. The molecule has 2 aromatic rings. The molecule has 0 saturated carbocycles. The molecule has 0 aliphatic carbocycles. The molecule has 2 aliphatic rings. The molecular weight excluding hydrogens is 474 g/mol. The Hall–Kier alpha value is -2.98. The average molecular weight is 494 g/mol. The standard InChI is InChI=1S/C21H20BrNO8/c1-27-14-5-4-12-17(18(14)28-2)19(24)23(21(12,26)20(25)29-3)7-6-11-8-15-16(9-13(11)22)31-10-30-15/h4-5,8-9,26H,6-7,10H2,1-3H3. The fraction of sp³-hybridized carbons (Fsp3) is 0.333. The minimum atomic E-state index is -2.30. The zero-order chi connectivity index (χ0) is 22.3. The van der Waals surface area contributed by atoms with Gasteiger partial charge in [0, 0.05) is 16.6 Å². The second-order valence-electron chi connectivity index (χ2n) is 6.89. The van der Waals surface area contributed by atoms with Crippen molar-refractivity contribution in [2.24, 2.45) is 0 Å². The summed E-state index contributed by atoms with van der Waals surface area (Å²) in [7, 11) is 3.97. The summed E-state index contributed by atoms with van der Waals surface area (Å²) in [4.78, 5) is 27.1. The quantitative estimate of drug-likeness (QED) is 0.610. The summed E-state index contributed by atoms with van der Waals surface area (Å²) in [5, 5.41) is 11.4. The minimum absolute atomic E-state index is 0.0167. The third-order valence-corrected chi connectivity index (χ3v) is 6.13. The van der Waals surface area contributed by atoms with Crippen LogP contribution in [0, 0.1) is 0 Å². The van der Waals surface area contributed by atoms with Crippen LogP contribution in [0.5, 0.6) is 23.0 Å². The molecule has 0 radical (unpaired) electrons. The molecule has 1 unspecified atom stereocenters. The van der Waals surface area contributed by atoms with Crippen molar-refractivity contribution in [3.63, 3.8) is 0 Å². The van der Waals surface area contributed by atoms with Gasteiger partial charge in [0.15, 0.2) is 23.0 Å². The SMILES string of the molecule is COC(=O)C1(O)c2ccc(OC)c(OC)c2C(=O)N1CCc1cc2c(cc1Br)OCO2. The van der Waals surface area contributed by atoms with Crippen LogP contribution in [-0.2, 0) is 21.7 Å². The highest BCUT2D eigenvalue weighted by molar-refractivity contribution is 9.10. The first-order valence-electron chi connectivity index (χ1n) is 9.33. The zero-order valence-electron chi connectivity index (χ0n) is 17.1. The highest BCUT2D eigenvalue weighted by Gasteiger charge is 2.56. The number of hydrogen-bond donors (Lipinski definition) is 1. The van der Waals surface area contributed by atoms with E-state index in [1.54, 1.807) is 12.1 Å². The Bertz CT molecular complexity index is 1070. The van der Waals surface area contributed by atoms with Gasteiger partial charge in [-0.1, -0.05) is 15.9 Å². The maximum atomic E-state index is 13.3. The zero-order valence-corrected chi connectivity index (χ0v) is 18.6. The maximum Gasteiger partial charge on any atom is 0.364 e. The lowest BCUT2D eigenvalue weighted by Crippen LogP contribution is -2.51. The predicted octanol–water partition coefficient (Wildman–Crippen LogP) is 2.21. The van der Waals surface area contributed by atoms with Crippen molar-refractivity contribution in [1.29, 1.82) is 0 Å². The van der Waals surface area contributed by atoms with Gasteiger partial charge in [-0.25, -0.2) is 4.79 Å². The third-order valence-electron chi connectivity index (χ3n) is 5.39. The van der Waals surface area contributed by atoms with Gasteiger partial charge in [-0.2, -0.15) is 0 Å². The Morgan fingerprint density at radius 2 is 1.90 bits per heavy atom. The molecule has 2 aromatic carbocycles. The monoisotopic (exact) mass is 493 g/mol. The van der Waals surface area contributed by atoms with E-state index in [1.807, 2.05) is 0 Å². The summed E-state index contributed by atoms with van der Waals surface area (Å²) in [6.07, 6.45) is 0.315. The van der Waals surface area contributed by atoms with Gasteiger partial charge in [0.05, 0.1) is 26.9 Å². The molecule has 0 aromatic heterocycles. The first-order chi connectivity index (χ1) is 14.9. The van der Waals surface area contributed by atoms with Crippen LogP contribution in [0.1, 0.15) is 21.5 Å². The van der Waals surface area contributed by atoms with Gasteiger partial charge in [-0.3, -0.25) is 9.69 Å². The van der Waals surface area contributed by atoms with Gasteiger partial charge < -0.3 is 28.8 Å². The molecule has 1 N–H and O–H groups in total. The van der Waals surface area contributed by atoms with Crippen LogP contribution in [-0.4, -0.2) is 56.6 Å². The van der Waals surface area contributed by atoms with Gasteiger partial charge in [0.1, 0.15) is 0 Å². The first-order valence-corrected chi connectivity index (χ1v) is 10.1. The number of amides is 1. The molecular formula is C21H20BrNO8. The lowest BCUT2D eigenvalue weighted by atomic mass is 9.99. The molecule has 9 nitrogen and oxygen atoms in total. The Labute approximate surface area is 186 Å². The van der Waals surface area contributed by atoms with Crippen molar-refractivity contribution >= 4 is 27.8 Å². The van der Waals surface area contributed by atoms with Crippen LogP contribution in [0.2, 0.25) is 0 Å². The van der Waals surface area contributed by atoms with E-state index in [9.17, 15) is 14.7 Å². The summed E-state index contributed by atoms with van der Waals surface area (Å²) >= 11 is 3.49. The van der Waals surface area contributed by atoms with E-state index in [2.05, 4.69) is 15.9 Å². The smallest absolute Gasteiger partial charge is 0.364 e. The number of esters is 1. The fourth-order valence-electron chi connectivity index (χ4n) is 3.87. The summed E-state index contributed by atoms with van der Waals surface area (Å²) in [5.74, 6) is 0.0976. The molecule has 0 spiro atoms.